The van der Waals surface area contributed by atoms with Gasteiger partial charge < -0.3 is 30.5 Å². The number of amides is 4. The fourth-order valence-corrected chi connectivity index (χ4v) is 3.74. The smallest absolute Gasteiger partial charge is 0.415 e. The van der Waals surface area contributed by atoms with Crippen molar-refractivity contribution in [3.05, 3.63) is 36.4 Å². The van der Waals surface area contributed by atoms with Gasteiger partial charge >= 0.3 is 12.2 Å². The van der Waals surface area contributed by atoms with E-state index in [4.69, 9.17) is 9.47 Å². The van der Waals surface area contributed by atoms with Gasteiger partial charge in [0, 0.05) is 5.69 Å². The van der Waals surface area contributed by atoms with Crippen LogP contribution in [0.4, 0.5) is 21.0 Å². The second-order valence-electron chi connectivity index (χ2n) is 10.2. The number of benzene rings is 1. The summed E-state index contributed by atoms with van der Waals surface area (Å²) in [7, 11) is 0. The molecule has 4 amide bonds. The molecule has 0 aromatic heterocycles. The average molecular weight is 519 g/mol. The van der Waals surface area contributed by atoms with Crippen molar-refractivity contribution in [1.82, 2.24) is 10.6 Å². The molecule has 11 nitrogen and oxygen atoms in total. The maximum absolute atomic E-state index is 12.8. The molecule has 0 saturated carbocycles. The Hall–Kier alpha value is -3.60. The van der Waals surface area contributed by atoms with E-state index in [1.165, 1.54) is 17.9 Å². The minimum absolute atomic E-state index is 0.00224. The van der Waals surface area contributed by atoms with Gasteiger partial charge in [0.15, 0.2) is 0 Å². The summed E-state index contributed by atoms with van der Waals surface area (Å²) in [4.78, 5) is 51.7. The van der Waals surface area contributed by atoms with Gasteiger partial charge in [-0.05, 0) is 57.7 Å². The van der Waals surface area contributed by atoms with Gasteiger partial charge in [0.2, 0.25) is 11.8 Å². The second-order valence-corrected chi connectivity index (χ2v) is 10.2. The zero-order valence-electron chi connectivity index (χ0n) is 22.3. The van der Waals surface area contributed by atoms with E-state index in [9.17, 15) is 24.3 Å². The predicted octanol–water partition coefficient (Wildman–Crippen LogP) is 2.73. The lowest BCUT2D eigenvalue weighted by molar-refractivity contribution is -0.128. The molecule has 37 heavy (non-hydrogen) atoms. The Morgan fingerprint density at radius 3 is 2.41 bits per heavy atom. The molecule has 204 valence electrons. The number of aliphatic hydroxyl groups is 1. The number of nitrogens with zero attached hydrogens (tertiary/aromatic N) is 1. The lowest BCUT2D eigenvalue weighted by atomic mass is 10.0. The van der Waals surface area contributed by atoms with Gasteiger partial charge in [-0.25, -0.2) is 9.59 Å². The van der Waals surface area contributed by atoms with E-state index in [0.717, 1.165) is 5.56 Å². The van der Waals surface area contributed by atoms with E-state index in [1.54, 1.807) is 52.8 Å². The molecule has 0 saturated heterocycles. The Balaban J connectivity index is 2.10. The standard InChI is InChI=1S/C26H38N4O7/c1-8-11-36-24(34)29-21(15(2)3)23(33)27-16(4)22(32)28-18-10-9-17-12-19(14-31)30(20(17)13-18)25(35)37-26(5,6)7/h8-10,13,15-16,19,21,31H,1,11-12,14H2,2-7H3,(H,27,33)(H,28,32)(H,29,34)/t16-,19-,21-/m0/s1. The van der Waals surface area contributed by atoms with E-state index in [2.05, 4.69) is 22.5 Å². The van der Waals surface area contributed by atoms with Crippen LogP contribution in [0.5, 0.6) is 0 Å². The number of alkyl carbamates (subject to hydrolysis) is 1. The highest BCUT2D eigenvalue weighted by Crippen LogP contribution is 2.35. The zero-order chi connectivity index (χ0) is 27.9. The molecule has 3 atom stereocenters. The van der Waals surface area contributed by atoms with E-state index in [0.29, 0.717) is 17.8 Å². The van der Waals surface area contributed by atoms with Gasteiger partial charge in [-0.15, -0.1) is 0 Å². The van der Waals surface area contributed by atoms with Crippen molar-refractivity contribution >= 4 is 35.4 Å². The molecule has 0 radical (unpaired) electrons. The van der Waals surface area contributed by atoms with Crippen LogP contribution in [0.3, 0.4) is 0 Å². The first-order chi connectivity index (χ1) is 17.3. The molecule has 4 N–H and O–H groups in total. The second kappa shape index (κ2) is 12.6. The van der Waals surface area contributed by atoms with Crippen molar-refractivity contribution in [2.45, 2.75) is 71.7 Å². The molecule has 1 heterocycles. The van der Waals surface area contributed by atoms with Crippen LogP contribution >= 0.6 is 0 Å². The molecule has 1 aromatic rings. The third-order valence-electron chi connectivity index (χ3n) is 5.54. The largest absolute Gasteiger partial charge is 0.445 e. The van der Waals surface area contributed by atoms with Gasteiger partial charge in [0.1, 0.15) is 24.3 Å². The Kier molecular flexibility index (Phi) is 10.1. The maximum Gasteiger partial charge on any atom is 0.415 e. The van der Waals surface area contributed by atoms with Gasteiger partial charge in [0.05, 0.1) is 18.3 Å². The van der Waals surface area contributed by atoms with E-state index >= 15 is 0 Å². The Morgan fingerprint density at radius 1 is 1.16 bits per heavy atom. The van der Waals surface area contributed by atoms with Crippen molar-refractivity contribution in [3.8, 4) is 0 Å². The summed E-state index contributed by atoms with van der Waals surface area (Å²) in [6.07, 6.45) is 0.504. The quantitative estimate of drug-likeness (QED) is 0.368. The predicted molar refractivity (Wildman–Crippen MR) is 139 cm³/mol. The summed E-state index contributed by atoms with van der Waals surface area (Å²) < 4.78 is 10.4. The van der Waals surface area contributed by atoms with Crippen LogP contribution in [0.15, 0.2) is 30.9 Å². The molecule has 11 heteroatoms. The molecule has 1 aliphatic heterocycles. The average Bonchev–Trinajstić information content (AvgIpc) is 3.17. The summed E-state index contributed by atoms with van der Waals surface area (Å²) in [5.74, 6) is -1.30. The molecule has 0 unspecified atom stereocenters. The van der Waals surface area contributed by atoms with Gasteiger partial charge in [-0.2, -0.15) is 0 Å². The number of rotatable bonds is 9. The minimum Gasteiger partial charge on any atom is -0.445 e. The van der Waals surface area contributed by atoms with Crippen LogP contribution in [0.25, 0.3) is 0 Å². The number of hydrogen-bond donors (Lipinski definition) is 4. The summed E-state index contributed by atoms with van der Waals surface area (Å²) >= 11 is 0. The van der Waals surface area contributed by atoms with Gasteiger partial charge in [-0.1, -0.05) is 32.6 Å². The molecule has 1 aromatic carbocycles. The number of aliphatic hydroxyl groups excluding tert-OH is 1. The fraction of sp³-hybridized carbons (Fsp3) is 0.538. The summed E-state index contributed by atoms with van der Waals surface area (Å²) in [6, 6.07) is 2.77. The Labute approximate surface area is 217 Å². The van der Waals surface area contributed by atoms with Crippen LogP contribution in [-0.2, 0) is 25.5 Å². The maximum atomic E-state index is 12.8. The van der Waals surface area contributed by atoms with E-state index in [-0.39, 0.29) is 19.1 Å². The van der Waals surface area contributed by atoms with Gasteiger partial charge in [0.25, 0.3) is 0 Å². The van der Waals surface area contributed by atoms with Crippen molar-refractivity contribution in [2.75, 3.05) is 23.4 Å². The highest BCUT2D eigenvalue weighted by molar-refractivity contribution is 5.99. The number of hydrogen-bond acceptors (Lipinski definition) is 7. The monoisotopic (exact) mass is 518 g/mol. The number of carbonyl (C=O) groups excluding carboxylic acids is 4. The first kappa shape index (κ1) is 29.6. The topological polar surface area (TPSA) is 146 Å². The molecular weight excluding hydrogens is 480 g/mol. The third-order valence-corrected chi connectivity index (χ3v) is 5.54. The highest BCUT2D eigenvalue weighted by atomic mass is 16.6. The lowest BCUT2D eigenvalue weighted by Crippen LogP contribution is -2.53. The van der Waals surface area contributed by atoms with Gasteiger partial charge in [-0.3, -0.25) is 14.5 Å². The van der Waals surface area contributed by atoms with Crippen molar-refractivity contribution < 1.29 is 33.8 Å². The van der Waals surface area contributed by atoms with E-state index in [1.807, 2.05) is 0 Å². The summed E-state index contributed by atoms with van der Waals surface area (Å²) in [6.45, 7) is 13.5. The molecular formula is C26H38N4O7. The molecule has 0 aliphatic carbocycles. The van der Waals surface area contributed by atoms with Crippen molar-refractivity contribution in [3.63, 3.8) is 0 Å². The van der Waals surface area contributed by atoms with Crippen LogP contribution in [0, 0.1) is 5.92 Å². The van der Waals surface area contributed by atoms with E-state index < -0.39 is 47.7 Å². The normalized spacial score (nSPS) is 16.3. The number of ether oxygens (including phenoxy) is 2. The number of carbonyl (C=O) groups is 4. The first-order valence-electron chi connectivity index (χ1n) is 12.2. The Bertz CT molecular complexity index is 1020. The zero-order valence-corrected chi connectivity index (χ0v) is 22.3. The molecule has 0 bridgehead atoms. The summed E-state index contributed by atoms with van der Waals surface area (Å²) in [5, 5.41) is 17.6. The van der Waals surface area contributed by atoms with Crippen molar-refractivity contribution in [2.24, 2.45) is 5.92 Å². The van der Waals surface area contributed by atoms with Crippen LogP contribution in [0.2, 0.25) is 0 Å². The number of anilines is 2. The van der Waals surface area contributed by atoms with Crippen LogP contribution < -0.4 is 20.9 Å². The fourth-order valence-electron chi connectivity index (χ4n) is 3.74. The number of nitrogens with one attached hydrogen (secondary N) is 3. The minimum atomic E-state index is -0.930. The molecule has 1 aliphatic rings. The lowest BCUT2D eigenvalue weighted by Gasteiger charge is -2.28. The van der Waals surface area contributed by atoms with Crippen LogP contribution in [0.1, 0.15) is 47.1 Å². The summed E-state index contributed by atoms with van der Waals surface area (Å²) in [5.41, 5.74) is 1.05. The SMILES string of the molecule is C=CCOC(=O)N[C@H](C(=O)N[C@@H](C)C(=O)Nc1ccc2c(c1)N(C(=O)OC(C)(C)C)[C@H](CO)C2)C(C)C. The molecule has 0 fully saturated rings. The molecule has 2 rings (SSSR count). The van der Waals surface area contributed by atoms with Crippen molar-refractivity contribution in [1.29, 1.82) is 0 Å². The highest BCUT2D eigenvalue weighted by Gasteiger charge is 2.36. The first-order valence-corrected chi connectivity index (χ1v) is 12.2. The van der Waals surface area contributed by atoms with Crippen LogP contribution in [-0.4, -0.2) is 66.0 Å². The number of fused-ring (bicyclic) bond motifs is 1. The third kappa shape index (κ3) is 8.21. The Morgan fingerprint density at radius 2 is 1.84 bits per heavy atom. The molecule has 0 spiro atoms.